The van der Waals surface area contributed by atoms with Gasteiger partial charge in [-0.2, -0.15) is 0 Å². The predicted molar refractivity (Wildman–Crippen MR) is 72.0 cm³/mol. The number of hydrogen-bond acceptors (Lipinski definition) is 5. The molecule has 1 amide bonds. The maximum absolute atomic E-state index is 12.4. The van der Waals surface area contributed by atoms with Crippen molar-refractivity contribution in [2.75, 3.05) is 24.6 Å². The second-order valence-corrected chi connectivity index (χ2v) is 7.63. The molecule has 2 rings (SSSR count). The van der Waals surface area contributed by atoms with E-state index in [9.17, 15) is 18.0 Å². The van der Waals surface area contributed by atoms with Gasteiger partial charge in [-0.3, -0.25) is 9.59 Å². The Labute approximate surface area is 118 Å². The minimum Gasteiger partial charge on any atom is -0.481 e. The van der Waals surface area contributed by atoms with Crippen molar-refractivity contribution in [1.82, 2.24) is 10.2 Å². The lowest BCUT2D eigenvalue weighted by Gasteiger charge is -2.38. The van der Waals surface area contributed by atoms with Crippen LogP contribution in [0, 0.1) is 0 Å². The van der Waals surface area contributed by atoms with Gasteiger partial charge in [0.25, 0.3) is 0 Å². The van der Waals surface area contributed by atoms with E-state index < -0.39 is 21.8 Å². The van der Waals surface area contributed by atoms with Gasteiger partial charge >= 0.3 is 5.97 Å². The summed E-state index contributed by atoms with van der Waals surface area (Å²) in [4.78, 5) is 24.7. The molecule has 2 aliphatic heterocycles. The molecule has 2 saturated heterocycles. The smallest absolute Gasteiger partial charge is 0.305 e. The molecule has 2 heterocycles. The van der Waals surface area contributed by atoms with Gasteiger partial charge in [-0.25, -0.2) is 8.42 Å². The first-order chi connectivity index (χ1) is 9.39. The molecule has 0 saturated carbocycles. The third kappa shape index (κ3) is 3.69. The summed E-state index contributed by atoms with van der Waals surface area (Å²) >= 11 is 0. The van der Waals surface area contributed by atoms with E-state index in [0.29, 0.717) is 0 Å². The van der Waals surface area contributed by atoms with Crippen molar-refractivity contribution >= 4 is 21.7 Å². The lowest BCUT2D eigenvalue weighted by molar-refractivity contribution is -0.141. The van der Waals surface area contributed by atoms with Crippen LogP contribution in [0.4, 0.5) is 0 Å². The number of carboxylic acids is 1. The van der Waals surface area contributed by atoms with Crippen molar-refractivity contribution in [3.8, 4) is 0 Å². The summed E-state index contributed by atoms with van der Waals surface area (Å²) in [5, 5.41) is 12.0. The van der Waals surface area contributed by atoms with Crippen LogP contribution in [0.3, 0.4) is 0 Å². The predicted octanol–water partition coefficient (Wildman–Crippen LogP) is -0.771. The van der Waals surface area contributed by atoms with Gasteiger partial charge in [-0.05, 0) is 19.4 Å². The topological polar surface area (TPSA) is 104 Å². The summed E-state index contributed by atoms with van der Waals surface area (Å²) in [7, 11) is -3.25. The molecule has 0 bridgehead atoms. The number of nitrogens with zero attached hydrogens (tertiary/aromatic N) is 1. The third-order valence-electron chi connectivity index (χ3n) is 3.83. The average Bonchev–Trinajstić information content (AvgIpc) is 2.37. The maximum atomic E-state index is 12.4. The minimum absolute atomic E-state index is 0.0818. The summed E-state index contributed by atoms with van der Waals surface area (Å²) in [5.74, 6) is -1.58. The van der Waals surface area contributed by atoms with E-state index >= 15 is 0 Å². The first kappa shape index (κ1) is 15.2. The summed E-state index contributed by atoms with van der Waals surface area (Å²) in [6, 6.07) is -1.05. The molecular formula is C12H20N2O5S. The molecule has 0 aromatic heterocycles. The van der Waals surface area contributed by atoms with Gasteiger partial charge in [0.1, 0.15) is 0 Å². The molecule has 0 aromatic carbocycles. The van der Waals surface area contributed by atoms with Crippen LogP contribution < -0.4 is 5.32 Å². The van der Waals surface area contributed by atoms with Crippen LogP contribution >= 0.6 is 0 Å². The molecule has 1 unspecified atom stereocenters. The van der Waals surface area contributed by atoms with E-state index in [1.807, 2.05) is 0 Å². The fourth-order valence-corrected chi connectivity index (χ4v) is 4.34. The van der Waals surface area contributed by atoms with Crippen LogP contribution in [-0.4, -0.2) is 67.0 Å². The molecule has 2 aliphatic rings. The number of piperidine rings is 1. The zero-order valence-corrected chi connectivity index (χ0v) is 12.1. The number of nitrogens with one attached hydrogen (secondary N) is 1. The van der Waals surface area contributed by atoms with E-state index in [4.69, 9.17) is 5.11 Å². The summed E-state index contributed by atoms with van der Waals surface area (Å²) < 4.78 is 23.3. The van der Waals surface area contributed by atoms with Crippen LogP contribution in [0.25, 0.3) is 0 Å². The average molecular weight is 304 g/mol. The van der Waals surface area contributed by atoms with E-state index in [2.05, 4.69) is 5.32 Å². The zero-order chi connectivity index (χ0) is 14.8. The number of sulfone groups is 1. The molecule has 20 heavy (non-hydrogen) atoms. The molecule has 2 N–H and O–H groups in total. The number of hydrogen-bond donors (Lipinski definition) is 2. The minimum atomic E-state index is -3.25. The number of rotatable bonds is 3. The number of carboxylic acid groups (broad SMARTS) is 1. The second-order valence-electron chi connectivity index (χ2n) is 5.40. The second kappa shape index (κ2) is 6.09. The number of amides is 1. The van der Waals surface area contributed by atoms with E-state index in [1.54, 1.807) is 0 Å². The van der Waals surface area contributed by atoms with Gasteiger partial charge in [0, 0.05) is 6.54 Å². The van der Waals surface area contributed by atoms with Gasteiger partial charge in [0.2, 0.25) is 5.91 Å². The van der Waals surface area contributed by atoms with Crippen LogP contribution in [0.1, 0.15) is 25.7 Å². The lowest BCUT2D eigenvalue weighted by Crippen LogP contribution is -2.57. The Morgan fingerprint density at radius 1 is 1.30 bits per heavy atom. The highest BCUT2D eigenvalue weighted by Gasteiger charge is 2.37. The first-order valence-electron chi connectivity index (χ1n) is 6.85. The highest BCUT2D eigenvalue weighted by Crippen LogP contribution is 2.19. The Kier molecular flexibility index (Phi) is 4.64. The number of carbonyl (C=O) groups excluding carboxylic acids is 1. The SMILES string of the molecule is O=C(O)CC1CS(=O)(=O)CCN1C(=O)[C@@H]1CCCCN1. The maximum Gasteiger partial charge on any atom is 0.305 e. The fraction of sp³-hybridized carbons (Fsp3) is 0.833. The molecular weight excluding hydrogens is 284 g/mol. The molecule has 2 fully saturated rings. The van der Waals surface area contributed by atoms with Crippen LogP contribution in [0.2, 0.25) is 0 Å². The number of carbonyl (C=O) groups is 2. The molecule has 0 radical (unpaired) electrons. The van der Waals surface area contributed by atoms with Crippen molar-refractivity contribution in [2.45, 2.75) is 37.8 Å². The van der Waals surface area contributed by atoms with Crippen molar-refractivity contribution < 1.29 is 23.1 Å². The van der Waals surface area contributed by atoms with Gasteiger partial charge in [-0.1, -0.05) is 6.42 Å². The lowest BCUT2D eigenvalue weighted by atomic mass is 10.0. The summed E-state index contributed by atoms with van der Waals surface area (Å²) in [6.45, 7) is 0.865. The third-order valence-corrected chi connectivity index (χ3v) is 5.53. The summed E-state index contributed by atoms with van der Waals surface area (Å²) in [5.41, 5.74) is 0. The Morgan fingerprint density at radius 3 is 2.65 bits per heavy atom. The van der Waals surface area contributed by atoms with E-state index in [-0.39, 0.29) is 36.4 Å². The van der Waals surface area contributed by atoms with Crippen molar-refractivity contribution in [3.63, 3.8) is 0 Å². The van der Waals surface area contributed by atoms with Crippen LogP contribution in [0.15, 0.2) is 0 Å². The van der Waals surface area contributed by atoms with Gasteiger partial charge < -0.3 is 15.3 Å². The number of aliphatic carboxylic acids is 1. The highest BCUT2D eigenvalue weighted by atomic mass is 32.2. The van der Waals surface area contributed by atoms with Gasteiger partial charge in [0.05, 0.1) is 30.0 Å². The Morgan fingerprint density at radius 2 is 2.05 bits per heavy atom. The first-order valence-corrected chi connectivity index (χ1v) is 8.67. The van der Waals surface area contributed by atoms with Gasteiger partial charge in [-0.15, -0.1) is 0 Å². The van der Waals surface area contributed by atoms with Crippen molar-refractivity contribution in [1.29, 1.82) is 0 Å². The highest BCUT2D eigenvalue weighted by molar-refractivity contribution is 7.91. The Bertz CT molecular complexity index is 484. The summed E-state index contributed by atoms with van der Waals surface area (Å²) in [6.07, 6.45) is 2.38. The normalized spacial score (nSPS) is 29.9. The quantitative estimate of drug-likeness (QED) is 0.709. The Hall–Kier alpha value is -1.15. The van der Waals surface area contributed by atoms with Crippen molar-refractivity contribution in [3.05, 3.63) is 0 Å². The van der Waals surface area contributed by atoms with E-state index in [0.717, 1.165) is 25.8 Å². The largest absolute Gasteiger partial charge is 0.481 e. The standard InChI is InChI=1S/C12H20N2O5S/c15-11(16)7-9-8-20(18,19)6-5-14(9)12(17)10-3-1-2-4-13-10/h9-10,13H,1-8H2,(H,15,16)/t9?,10-/m0/s1. The fourth-order valence-electron chi connectivity index (χ4n) is 2.81. The zero-order valence-electron chi connectivity index (χ0n) is 11.2. The molecule has 0 aromatic rings. The molecule has 0 spiro atoms. The van der Waals surface area contributed by atoms with E-state index in [1.165, 1.54) is 4.90 Å². The molecule has 0 aliphatic carbocycles. The van der Waals surface area contributed by atoms with Crippen molar-refractivity contribution in [2.24, 2.45) is 0 Å². The van der Waals surface area contributed by atoms with Gasteiger partial charge in [0.15, 0.2) is 9.84 Å². The van der Waals surface area contributed by atoms with Crippen LogP contribution in [0.5, 0.6) is 0 Å². The molecule has 114 valence electrons. The monoisotopic (exact) mass is 304 g/mol. The molecule has 7 nitrogen and oxygen atoms in total. The Balaban J connectivity index is 2.10. The molecule has 2 atom stereocenters. The van der Waals surface area contributed by atoms with Crippen LogP contribution in [-0.2, 0) is 19.4 Å². The molecule has 8 heteroatoms.